The molecule has 4 N–H and O–H groups in total. The molecule has 3 rings (SSSR count). The van der Waals surface area contributed by atoms with Gasteiger partial charge < -0.3 is 15.8 Å². The number of carbonyl (C=O) groups is 1. The normalized spacial score (nSPS) is 13.0. The number of hydrogen-bond acceptors (Lipinski definition) is 5. The van der Waals surface area contributed by atoms with E-state index in [-0.39, 0.29) is 16.5 Å². The monoisotopic (exact) mass is 525 g/mol. The van der Waals surface area contributed by atoms with Gasteiger partial charge >= 0.3 is 12.4 Å². The Morgan fingerprint density at radius 3 is 2.37 bits per heavy atom. The number of H-pyrrole nitrogens is 1. The van der Waals surface area contributed by atoms with Gasteiger partial charge in [-0.2, -0.15) is 31.4 Å². The second-order valence-corrected chi connectivity index (χ2v) is 7.62. The largest absolute Gasteiger partial charge is 0.480 e. The maximum absolute atomic E-state index is 15.0. The van der Waals surface area contributed by atoms with Crippen molar-refractivity contribution in [1.82, 2.24) is 15.2 Å². The van der Waals surface area contributed by atoms with Crippen LogP contribution in [0.2, 0.25) is 5.15 Å². The molecule has 0 radical (unpaired) electrons. The highest BCUT2D eigenvalue weighted by molar-refractivity contribution is 6.33. The second-order valence-electron chi connectivity index (χ2n) is 7.26. The van der Waals surface area contributed by atoms with E-state index in [0.29, 0.717) is 31.2 Å². The summed E-state index contributed by atoms with van der Waals surface area (Å²) in [5, 5.41) is 8.19. The van der Waals surface area contributed by atoms with Crippen molar-refractivity contribution >= 4 is 29.0 Å². The number of ether oxygens (including phenoxy) is 1. The van der Waals surface area contributed by atoms with Gasteiger partial charge in [-0.25, -0.2) is 9.37 Å². The number of benzene rings is 1. The van der Waals surface area contributed by atoms with Crippen molar-refractivity contribution in [1.29, 1.82) is 0 Å². The number of hydrogen-bond donors (Lipinski definition) is 3. The molecular formula is C20H15ClF7N5O2. The zero-order valence-electron chi connectivity index (χ0n) is 17.7. The summed E-state index contributed by atoms with van der Waals surface area (Å²) in [7, 11) is 0. The Morgan fingerprint density at radius 1 is 1.17 bits per heavy atom. The van der Waals surface area contributed by atoms with Gasteiger partial charge in [0.1, 0.15) is 23.1 Å². The topological polar surface area (TPSA) is 106 Å². The maximum atomic E-state index is 15.0. The van der Waals surface area contributed by atoms with Gasteiger partial charge in [0.2, 0.25) is 0 Å². The molecule has 1 amide bonds. The average Bonchev–Trinajstić information content (AvgIpc) is 3.04. The van der Waals surface area contributed by atoms with E-state index in [1.54, 1.807) is 0 Å². The highest BCUT2D eigenvalue weighted by Gasteiger charge is 2.39. The van der Waals surface area contributed by atoms with Gasteiger partial charge in [0, 0.05) is 5.56 Å². The molecule has 188 valence electrons. The van der Waals surface area contributed by atoms with E-state index in [4.69, 9.17) is 22.1 Å². The Balaban J connectivity index is 2.15. The number of rotatable bonds is 5. The van der Waals surface area contributed by atoms with Gasteiger partial charge in [-0.05, 0) is 38.1 Å². The molecular weight excluding hydrogens is 511 g/mol. The van der Waals surface area contributed by atoms with Crippen LogP contribution in [0.4, 0.5) is 42.2 Å². The fraction of sp³-hybridized carbons (Fsp3) is 0.250. The molecule has 2 heterocycles. The number of nitrogen functional groups attached to an aromatic ring is 1. The molecule has 0 aliphatic carbocycles. The van der Waals surface area contributed by atoms with Crippen LogP contribution < -0.4 is 15.8 Å². The van der Waals surface area contributed by atoms with Gasteiger partial charge in [-0.3, -0.25) is 9.89 Å². The van der Waals surface area contributed by atoms with Gasteiger partial charge in [0.25, 0.3) is 5.91 Å². The minimum atomic E-state index is -4.88. The summed E-state index contributed by atoms with van der Waals surface area (Å²) < 4.78 is 98.7. The summed E-state index contributed by atoms with van der Waals surface area (Å²) in [6.45, 7) is 2.10. The van der Waals surface area contributed by atoms with Gasteiger partial charge in [-0.15, -0.1) is 0 Å². The van der Waals surface area contributed by atoms with E-state index < -0.39 is 64.1 Å². The number of alkyl halides is 6. The molecule has 0 saturated heterocycles. The number of pyridine rings is 1. The molecule has 35 heavy (non-hydrogen) atoms. The number of nitrogens with zero attached hydrogens (tertiary/aromatic N) is 2. The van der Waals surface area contributed by atoms with E-state index in [9.17, 15) is 35.5 Å². The van der Waals surface area contributed by atoms with E-state index >= 15 is 0 Å². The van der Waals surface area contributed by atoms with Crippen LogP contribution >= 0.6 is 11.6 Å². The Morgan fingerprint density at radius 2 is 1.83 bits per heavy atom. The molecule has 0 saturated carbocycles. The third-order valence-corrected chi connectivity index (χ3v) is 4.94. The highest BCUT2D eigenvalue weighted by Crippen LogP contribution is 2.37. The van der Waals surface area contributed by atoms with Crippen LogP contribution in [-0.2, 0) is 6.18 Å². The van der Waals surface area contributed by atoms with E-state index in [0.717, 1.165) is 0 Å². The number of nitrogens with two attached hydrogens (primary N) is 1. The zero-order chi connectivity index (χ0) is 26.3. The van der Waals surface area contributed by atoms with E-state index in [1.807, 2.05) is 0 Å². The number of nitrogens with one attached hydrogen (secondary N) is 2. The highest BCUT2D eigenvalue weighted by atomic mass is 35.5. The lowest BCUT2D eigenvalue weighted by molar-refractivity contribution is -0.189. The van der Waals surface area contributed by atoms with Gasteiger partial charge in [-0.1, -0.05) is 11.6 Å². The minimum absolute atomic E-state index is 0.0247. The third-order valence-electron chi connectivity index (χ3n) is 4.67. The van der Waals surface area contributed by atoms with Crippen LogP contribution in [0.15, 0.2) is 24.3 Å². The first kappa shape index (κ1) is 26.1. The zero-order valence-corrected chi connectivity index (χ0v) is 18.5. The predicted molar refractivity (Wildman–Crippen MR) is 111 cm³/mol. The van der Waals surface area contributed by atoms with Crippen LogP contribution in [0.5, 0.6) is 5.75 Å². The molecule has 1 atom stereocenters. The van der Waals surface area contributed by atoms with Crippen molar-refractivity contribution in [3.63, 3.8) is 0 Å². The van der Waals surface area contributed by atoms with Crippen LogP contribution in [0.1, 0.15) is 28.5 Å². The Labute approximate surface area is 197 Å². The molecule has 1 unspecified atom stereocenters. The first-order valence-corrected chi connectivity index (χ1v) is 9.89. The first-order valence-electron chi connectivity index (χ1n) is 9.51. The molecule has 0 spiro atoms. The second kappa shape index (κ2) is 9.24. The summed E-state index contributed by atoms with van der Waals surface area (Å²) >= 11 is 5.84. The van der Waals surface area contributed by atoms with Crippen LogP contribution in [0.3, 0.4) is 0 Å². The number of halogens is 8. The van der Waals surface area contributed by atoms with Crippen LogP contribution in [-0.4, -0.2) is 33.4 Å². The number of aryl methyl sites for hydroxylation is 1. The SMILES string of the molecule is Cc1[nH]nc(Cl)c1NC(=O)c1cc(F)c(-c2cc(C(F)(F)F)cc(N)n2)cc1OC(C)C(F)(F)F. The number of amides is 1. The molecule has 0 fully saturated rings. The smallest absolute Gasteiger partial charge is 0.425 e. The van der Waals surface area contributed by atoms with Crippen molar-refractivity contribution in [3.8, 4) is 17.0 Å². The Bertz CT molecular complexity index is 1250. The van der Waals surface area contributed by atoms with Crippen LogP contribution in [0, 0.1) is 12.7 Å². The summed E-state index contributed by atoms with van der Waals surface area (Å²) in [5.41, 5.74) is 2.39. The Kier molecular flexibility index (Phi) is 6.88. The number of carbonyl (C=O) groups excluding carboxylic acids is 1. The number of anilines is 2. The number of aromatic nitrogens is 3. The van der Waals surface area contributed by atoms with Gasteiger partial charge in [0.15, 0.2) is 11.3 Å². The third kappa shape index (κ3) is 5.75. The van der Waals surface area contributed by atoms with Crippen molar-refractivity contribution in [2.75, 3.05) is 11.1 Å². The molecule has 15 heteroatoms. The molecule has 7 nitrogen and oxygen atoms in total. The molecule has 2 aromatic heterocycles. The van der Waals surface area contributed by atoms with Crippen molar-refractivity contribution < 1.29 is 40.3 Å². The lowest BCUT2D eigenvalue weighted by Gasteiger charge is -2.21. The maximum Gasteiger partial charge on any atom is 0.425 e. The standard InChI is InChI=1S/C20H15ClF7N5O2/c1-7-16(17(21)33-32-7)31-18(34)11-5-12(22)10(6-14(11)35-8(2)19(23,24)25)13-3-9(20(26,27)28)4-15(29)30-13/h3-6,8H,1-2H3,(H2,29,30)(H,31,34)(H,32,33). The lowest BCUT2D eigenvalue weighted by Crippen LogP contribution is -2.32. The summed E-state index contributed by atoms with van der Waals surface area (Å²) in [6, 6.07) is 2.10. The summed E-state index contributed by atoms with van der Waals surface area (Å²) in [5.74, 6) is -3.79. The molecule has 3 aromatic rings. The fourth-order valence-corrected chi connectivity index (χ4v) is 3.09. The fourth-order valence-electron chi connectivity index (χ4n) is 2.86. The average molecular weight is 526 g/mol. The quantitative estimate of drug-likeness (QED) is 0.368. The molecule has 0 aliphatic heterocycles. The van der Waals surface area contributed by atoms with Crippen molar-refractivity contribution in [2.45, 2.75) is 32.3 Å². The van der Waals surface area contributed by atoms with Gasteiger partial charge in [0.05, 0.1) is 22.5 Å². The first-order chi connectivity index (χ1) is 16.1. The molecule has 0 bridgehead atoms. The van der Waals surface area contributed by atoms with E-state index in [1.165, 1.54) is 6.92 Å². The molecule has 1 aromatic carbocycles. The predicted octanol–water partition coefficient (Wildman–Crippen LogP) is 5.76. The Hall–Kier alpha value is -3.55. The van der Waals surface area contributed by atoms with Crippen LogP contribution in [0.25, 0.3) is 11.3 Å². The van der Waals surface area contributed by atoms with Crippen molar-refractivity contribution in [2.24, 2.45) is 0 Å². The molecule has 0 aliphatic rings. The number of aromatic amines is 1. The summed E-state index contributed by atoms with van der Waals surface area (Å²) in [6.07, 6.45) is -12.2. The van der Waals surface area contributed by atoms with Crippen molar-refractivity contribution in [3.05, 3.63) is 52.1 Å². The summed E-state index contributed by atoms with van der Waals surface area (Å²) in [4.78, 5) is 16.4. The van der Waals surface area contributed by atoms with E-state index in [2.05, 4.69) is 20.5 Å². The lowest BCUT2D eigenvalue weighted by atomic mass is 10.0. The minimum Gasteiger partial charge on any atom is -0.480 e.